The summed E-state index contributed by atoms with van der Waals surface area (Å²) in [5, 5.41) is 2.77. The second-order valence-electron chi connectivity index (χ2n) is 5.56. The summed E-state index contributed by atoms with van der Waals surface area (Å²) >= 11 is 6.21. The molecule has 2 fully saturated rings. The first kappa shape index (κ1) is 14.3. The highest BCUT2D eigenvalue weighted by Crippen LogP contribution is 2.40. The van der Waals surface area contributed by atoms with Crippen LogP contribution in [0.25, 0.3) is 0 Å². The first-order valence-electron chi connectivity index (χ1n) is 7.15. The SMILES string of the molecule is CCC1C(=O)NC(=O)CN1c1nc(C2CC2)nc(Cl)c1C. The van der Waals surface area contributed by atoms with E-state index in [0.717, 1.165) is 12.8 Å². The van der Waals surface area contributed by atoms with E-state index in [-0.39, 0.29) is 18.4 Å². The maximum atomic E-state index is 12.0. The number of nitrogens with one attached hydrogen (secondary N) is 1. The van der Waals surface area contributed by atoms with Crippen molar-refractivity contribution in [1.29, 1.82) is 0 Å². The van der Waals surface area contributed by atoms with Gasteiger partial charge in [0.2, 0.25) is 11.8 Å². The summed E-state index contributed by atoms with van der Waals surface area (Å²) in [6.07, 6.45) is 2.73. The van der Waals surface area contributed by atoms with E-state index in [4.69, 9.17) is 11.6 Å². The van der Waals surface area contributed by atoms with Crippen LogP contribution in [0.2, 0.25) is 5.15 Å². The number of hydrogen-bond acceptors (Lipinski definition) is 5. The lowest BCUT2D eigenvalue weighted by Crippen LogP contribution is -2.58. The van der Waals surface area contributed by atoms with Crippen LogP contribution >= 0.6 is 11.6 Å². The summed E-state index contributed by atoms with van der Waals surface area (Å²) < 4.78 is 0. The van der Waals surface area contributed by atoms with E-state index in [9.17, 15) is 9.59 Å². The minimum absolute atomic E-state index is 0.114. The molecule has 21 heavy (non-hydrogen) atoms. The number of hydrogen-bond donors (Lipinski definition) is 1. The van der Waals surface area contributed by atoms with Crippen LogP contribution < -0.4 is 10.2 Å². The van der Waals surface area contributed by atoms with Crippen molar-refractivity contribution in [3.05, 3.63) is 16.5 Å². The summed E-state index contributed by atoms with van der Waals surface area (Å²) in [6.45, 7) is 3.84. The third kappa shape index (κ3) is 2.60. The molecule has 1 aliphatic carbocycles. The van der Waals surface area contributed by atoms with Crippen LogP contribution in [0.3, 0.4) is 0 Å². The van der Waals surface area contributed by atoms with Crippen molar-refractivity contribution in [3.8, 4) is 0 Å². The van der Waals surface area contributed by atoms with Crippen LogP contribution in [-0.2, 0) is 9.59 Å². The number of aromatic nitrogens is 2. The van der Waals surface area contributed by atoms with Gasteiger partial charge >= 0.3 is 0 Å². The standard InChI is InChI=1S/C14H17ClN4O2/c1-3-9-14(21)16-10(20)6-19(9)13-7(2)11(15)17-12(18-13)8-4-5-8/h8-9H,3-6H2,1-2H3,(H,16,20,21). The van der Waals surface area contributed by atoms with Crippen molar-refractivity contribution in [2.75, 3.05) is 11.4 Å². The van der Waals surface area contributed by atoms with Gasteiger partial charge in [0.25, 0.3) is 0 Å². The van der Waals surface area contributed by atoms with Gasteiger partial charge in [0, 0.05) is 11.5 Å². The molecule has 2 amide bonds. The maximum Gasteiger partial charge on any atom is 0.249 e. The molecule has 1 N–H and O–H groups in total. The number of nitrogens with zero attached hydrogens (tertiary/aromatic N) is 3. The van der Waals surface area contributed by atoms with Gasteiger partial charge in [-0.2, -0.15) is 0 Å². The molecule has 2 aliphatic rings. The Bertz CT molecular complexity index is 615. The number of halogens is 1. The molecule has 1 aromatic rings. The Morgan fingerprint density at radius 2 is 2.05 bits per heavy atom. The molecule has 0 bridgehead atoms. The quantitative estimate of drug-likeness (QED) is 0.677. The molecule has 7 heteroatoms. The Morgan fingerprint density at radius 3 is 2.67 bits per heavy atom. The second kappa shape index (κ2) is 5.26. The first-order valence-corrected chi connectivity index (χ1v) is 7.53. The summed E-state index contributed by atoms with van der Waals surface area (Å²) in [5.41, 5.74) is 0.710. The number of amides is 2. The molecule has 3 rings (SSSR count). The minimum atomic E-state index is -0.403. The number of rotatable bonds is 3. The van der Waals surface area contributed by atoms with Gasteiger partial charge in [0.15, 0.2) is 0 Å². The van der Waals surface area contributed by atoms with Crippen molar-refractivity contribution in [1.82, 2.24) is 15.3 Å². The van der Waals surface area contributed by atoms with E-state index in [1.807, 2.05) is 13.8 Å². The number of anilines is 1. The second-order valence-corrected chi connectivity index (χ2v) is 5.92. The number of imide groups is 1. The molecule has 112 valence electrons. The Hall–Kier alpha value is -1.69. The molecule has 6 nitrogen and oxygen atoms in total. The van der Waals surface area contributed by atoms with Gasteiger partial charge in [-0.25, -0.2) is 9.97 Å². The number of carbonyl (C=O) groups excluding carboxylic acids is 2. The van der Waals surface area contributed by atoms with Crippen molar-refractivity contribution in [2.24, 2.45) is 0 Å². The van der Waals surface area contributed by atoms with Gasteiger partial charge in [-0.05, 0) is 26.2 Å². The molecule has 1 saturated carbocycles. The van der Waals surface area contributed by atoms with Crippen molar-refractivity contribution in [3.63, 3.8) is 0 Å². The smallest absolute Gasteiger partial charge is 0.249 e. The maximum absolute atomic E-state index is 12.0. The Labute approximate surface area is 127 Å². The molecule has 0 aromatic carbocycles. The lowest BCUT2D eigenvalue weighted by molar-refractivity contribution is -0.132. The zero-order valence-corrected chi connectivity index (χ0v) is 12.8. The van der Waals surface area contributed by atoms with Crippen LogP contribution in [0.15, 0.2) is 0 Å². The average Bonchev–Trinajstić information content (AvgIpc) is 3.25. The van der Waals surface area contributed by atoms with Gasteiger partial charge in [-0.15, -0.1) is 0 Å². The Morgan fingerprint density at radius 1 is 1.33 bits per heavy atom. The highest BCUT2D eigenvalue weighted by atomic mass is 35.5. The average molecular weight is 309 g/mol. The zero-order valence-electron chi connectivity index (χ0n) is 12.0. The van der Waals surface area contributed by atoms with Gasteiger partial charge in [-0.3, -0.25) is 14.9 Å². The summed E-state index contributed by atoms with van der Waals surface area (Å²) in [5.74, 6) is 1.08. The third-order valence-electron chi connectivity index (χ3n) is 3.93. The Kier molecular flexibility index (Phi) is 3.57. The van der Waals surface area contributed by atoms with Crippen molar-refractivity contribution >= 4 is 29.2 Å². The lowest BCUT2D eigenvalue weighted by Gasteiger charge is -2.35. The van der Waals surface area contributed by atoms with Crippen LogP contribution in [0.5, 0.6) is 0 Å². The van der Waals surface area contributed by atoms with Gasteiger partial charge in [0.05, 0.1) is 6.54 Å². The molecular weight excluding hydrogens is 292 g/mol. The topological polar surface area (TPSA) is 75.2 Å². The predicted octanol–water partition coefficient (Wildman–Crippen LogP) is 1.56. The summed E-state index contributed by atoms with van der Waals surface area (Å²) in [4.78, 5) is 34.3. The van der Waals surface area contributed by atoms with Crippen LogP contribution in [0, 0.1) is 6.92 Å². The molecule has 1 aliphatic heterocycles. The fourth-order valence-electron chi connectivity index (χ4n) is 2.59. The fraction of sp³-hybridized carbons (Fsp3) is 0.571. The molecule has 1 aromatic heterocycles. The highest BCUT2D eigenvalue weighted by molar-refractivity contribution is 6.30. The van der Waals surface area contributed by atoms with E-state index in [1.54, 1.807) is 4.90 Å². The van der Waals surface area contributed by atoms with E-state index in [0.29, 0.717) is 34.7 Å². The van der Waals surface area contributed by atoms with Crippen molar-refractivity contribution in [2.45, 2.75) is 45.1 Å². The number of carbonyl (C=O) groups is 2. The van der Waals surface area contributed by atoms with Gasteiger partial charge in [-0.1, -0.05) is 18.5 Å². The van der Waals surface area contributed by atoms with Crippen LogP contribution in [0.4, 0.5) is 5.82 Å². The van der Waals surface area contributed by atoms with E-state index >= 15 is 0 Å². The van der Waals surface area contributed by atoms with Crippen molar-refractivity contribution < 1.29 is 9.59 Å². The minimum Gasteiger partial charge on any atom is -0.335 e. The molecule has 1 unspecified atom stereocenters. The summed E-state index contributed by atoms with van der Waals surface area (Å²) in [6, 6.07) is -0.403. The van der Waals surface area contributed by atoms with Crippen LogP contribution in [0.1, 0.15) is 43.5 Å². The van der Waals surface area contributed by atoms with Gasteiger partial charge < -0.3 is 4.90 Å². The van der Waals surface area contributed by atoms with Crippen LogP contribution in [-0.4, -0.2) is 34.4 Å². The highest BCUT2D eigenvalue weighted by Gasteiger charge is 2.36. The zero-order chi connectivity index (χ0) is 15.1. The molecule has 1 atom stereocenters. The molecule has 0 radical (unpaired) electrons. The molecule has 0 spiro atoms. The first-order chi connectivity index (χ1) is 10.0. The predicted molar refractivity (Wildman–Crippen MR) is 78.3 cm³/mol. The fourth-order valence-corrected chi connectivity index (χ4v) is 2.76. The molecule has 1 saturated heterocycles. The monoisotopic (exact) mass is 308 g/mol. The number of piperazine rings is 1. The van der Waals surface area contributed by atoms with Gasteiger partial charge in [0.1, 0.15) is 22.8 Å². The lowest BCUT2D eigenvalue weighted by atomic mass is 10.1. The normalized spacial score (nSPS) is 22.4. The molecule has 2 heterocycles. The molecular formula is C14H17ClN4O2. The van der Waals surface area contributed by atoms with E-state index in [2.05, 4.69) is 15.3 Å². The third-order valence-corrected chi connectivity index (χ3v) is 4.30. The largest absolute Gasteiger partial charge is 0.335 e. The summed E-state index contributed by atoms with van der Waals surface area (Å²) in [7, 11) is 0. The van der Waals surface area contributed by atoms with E-state index < -0.39 is 6.04 Å². The Balaban J connectivity index is 2.04. The van der Waals surface area contributed by atoms with E-state index in [1.165, 1.54) is 0 Å².